The molecule has 0 fully saturated rings. The number of nitrogens with zero attached hydrogens (tertiary/aromatic N) is 2. The first-order chi connectivity index (χ1) is 9.04. The molecule has 0 spiro atoms. The van der Waals surface area contributed by atoms with Crippen LogP contribution < -0.4 is 5.32 Å². The van der Waals surface area contributed by atoms with Crippen LogP contribution in [0.25, 0.3) is 0 Å². The number of hydrogen-bond donors (Lipinski definition) is 2. The van der Waals surface area contributed by atoms with Crippen LogP contribution >= 0.6 is 0 Å². The molecule has 0 aliphatic carbocycles. The third kappa shape index (κ3) is 3.41. The van der Waals surface area contributed by atoms with Crippen LogP contribution in [0.4, 0.5) is 5.69 Å². The molecule has 2 N–H and O–H groups in total. The number of nitrogens with one attached hydrogen (secondary N) is 1. The van der Waals surface area contributed by atoms with Gasteiger partial charge in [0.1, 0.15) is 6.54 Å². The zero-order valence-electron chi connectivity index (χ0n) is 10.3. The molecule has 2 aromatic rings. The highest BCUT2D eigenvalue weighted by Crippen LogP contribution is 2.08. The minimum absolute atomic E-state index is 0.0266. The van der Waals surface area contributed by atoms with Gasteiger partial charge in [-0.3, -0.25) is 9.48 Å². The van der Waals surface area contributed by atoms with Crippen molar-refractivity contribution >= 4 is 17.6 Å². The Morgan fingerprint density at radius 1 is 1.26 bits per heavy atom. The predicted octanol–water partition coefficient (Wildman–Crippen LogP) is 1.53. The number of carbonyl (C=O) groups excluding carboxylic acids is 1. The van der Waals surface area contributed by atoms with Gasteiger partial charge in [0.25, 0.3) is 0 Å². The highest BCUT2D eigenvalue weighted by molar-refractivity contribution is 5.90. The van der Waals surface area contributed by atoms with Crippen LogP contribution in [0.2, 0.25) is 0 Å². The SMILES string of the molecule is Cc1ccc(NC(=O)Cn2ccc(C(=O)O)n2)cc1. The lowest BCUT2D eigenvalue weighted by molar-refractivity contribution is -0.116. The normalized spacial score (nSPS) is 10.2. The second-order valence-electron chi connectivity index (χ2n) is 4.12. The van der Waals surface area contributed by atoms with E-state index in [9.17, 15) is 9.59 Å². The quantitative estimate of drug-likeness (QED) is 0.872. The first kappa shape index (κ1) is 12.8. The first-order valence-corrected chi connectivity index (χ1v) is 5.68. The van der Waals surface area contributed by atoms with Crippen molar-refractivity contribution in [2.45, 2.75) is 13.5 Å². The van der Waals surface area contributed by atoms with Crippen molar-refractivity contribution in [3.05, 3.63) is 47.8 Å². The first-order valence-electron chi connectivity index (χ1n) is 5.68. The van der Waals surface area contributed by atoms with E-state index in [0.29, 0.717) is 5.69 Å². The van der Waals surface area contributed by atoms with Crippen LogP contribution in [0, 0.1) is 6.92 Å². The second-order valence-corrected chi connectivity index (χ2v) is 4.12. The minimum atomic E-state index is -1.11. The van der Waals surface area contributed by atoms with Gasteiger partial charge in [0.15, 0.2) is 5.69 Å². The van der Waals surface area contributed by atoms with E-state index in [-0.39, 0.29) is 18.1 Å². The fourth-order valence-electron chi connectivity index (χ4n) is 1.55. The van der Waals surface area contributed by atoms with Crippen molar-refractivity contribution in [1.82, 2.24) is 9.78 Å². The highest BCUT2D eigenvalue weighted by atomic mass is 16.4. The summed E-state index contributed by atoms with van der Waals surface area (Å²) in [6.45, 7) is 1.93. The number of carbonyl (C=O) groups is 2. The predicted molar refractivity (Wildman–Crippen MR) is 69.0 cm³/mol. The molecule has 0 saturated heterocycles. The Balaban J connectivity index is 1.97. The van der Waals surface area contributed by atoms with E-state index in [1.807, 2.05) is 19.1 Å². The standard InChI is InChI=1S/C13H13N3O3/c1-9-2-4-10(5-3-9)14-12(17)8-16-7-6-11(15-16)13(18)19/h2-7H,8H2,1H3,(H,14,17)(H,18,19). The molecule has 6 nitrogen and oxygen atoms in total. The highest BCUT2D eigenvalue weighted by Gasteiger charge is 2.09. The largest absolute Gasteiger partial charge is 0.476 e. The Labute approximate surface area is 109 Å². The Morgan fingerprint density at radius 3 is 2.53 bits per heavy atom. The van der Waals surface area contributed by atoms with E-state index in [1.54, 1.807) is 12.1 Å². The average Bonchev–Trinajstić information content (AvgIpc) is 2.80. The number of aryl methyl sites for hydroxylation is 1. The van der Waals surface area contributed by atoms with Crippen molar-refractivity contribution in [1.29, 1.82) is 0 Å². The molecule has 1 heterocycles. The summed E-state index contributed by atoms with van der Waals surface area (Å²) < 4.78 is 1.28. The molecular formula is C13H13N3O3. The van der Waals surface area contributed by atoms with Crippen LogP contribution in [0.15, 0.2) is 36.5 Å². The number of rotatable bonds is 4. The zero-order valence-corrected chi connectivity index (χ0v) is 10.3. The van der Waals surface area contributed by atoms with Gasteiger partial charge in [-0.2, -0.15) is 5.10 Å². The summed E-state index contributed by atoms with van der Waals surface area (Å²) in [6.07, 6.45) is 1.46. The molecule has 6 heteroatoms. The Bertz CT molecular complexity index is 602. The van der Waals surface area contributed by atoms with Gasteiger partial charge in [0.2, 0.25) is 5.91 Å². The van der Waals surface area contributed by atoms with Gasteiger partial charge in [0, 0.05) is 11.9 Å². The Morgan fingerprint density at radius 2 is 1.95 bits per heavy atom. The van der Waals surface area contributed by atoms with Gasteiger partial charge >= 0.3 is 5.97 Å². The monoisotopic (exact) mass is 259 g/mol. The molecule has 0 atom stereocenters. The molecule has 0 saturated carbocycles. The van der Waals surface area contributed by atoms with Gasteiger partial charge in [-0.15, -0.1) is 0 Å². The van der Waals surface area contributed by atoms with Crippen molar-refractivity contribution in [2.75, 3.05) is 5.32 Å². The maximum Gasteiger partial charge on any atom is 0.356 e. The van der Waals surface area contributed by atoms with E-state index in [2.05, 4.69) is 10.4 Å². The Hall–Kier alpha value is -2.63. The number of aromatic nitrogens is 2. The number of aromatic carboxylic acids is 1. The van der Waals surface area contributed by atoms with Gasteiger partial charge < -0.3 is 10.4 Å². The summed E-state index contributed by atoms with van der Waals surface area (Å²) in [6, 6.07) is 8.75. The lowest BCUT2D eigenvalue weighted by Crippen LogP contribution is -2.19. The van der Waals surface area contributed by atoms with Crippen molar-refractivity contribution in [2.24, 2.45) is 0 Å². The third-order valence-electron chi connectivity index (χ3n) is 2.50. The van der Waals surface area contributed by atoms with Crippen LogP contribution in [0.1, 0.15) is 16.1 Å². The third-order valence-corrected chi connectivity index (χ3v) is 2.50. The molecule has 0 aliphatic rings. The summed E-state index contributed by atoms with van der Waals surface area (Å²) in [7, 11) is 0. The fourth-order valence-corrected chi connectivity index (χ4v) is 1.55. The summed E-state index contributed by atoms with van der Waals surface area (Å²) in [5.41, 5.74) is 1.72. The van der Waals surface area contributed by atoms with E-state index >= 15 is 0 Å². The molecule has 19 heavy (non-hydrogen) atoms. The van der Waals surface area contributed by atoms with Gasteiger partial charge in [-0.25, -0.2) is 4.79 Å². The summed E-state index contributed by atoms with van der Waals surface area (Å²) in [4.78, 5) is 22.4. The van der Waals surface area contributed by atoms with E-state index in [0.717, 1.165) is 5.56 Å². The number of carboxylic acid groups (broad SMARTS) is 1. The maximum absolute atomic E-state index is 11.7. The zero-order chi connectivity index (χ0) is 13.8. The molecule has 1 amide bonds. The topological polar surface area (TPSA) is 84.2 Å². The summed E-state index contributed by atoms with van der Waals surface area (Å²) >= 11 is 0. The average molecular weight is 259 g/mol. The number of amides is 1. The summed E-state index contributed by atoms with van der Waals surface area (Å²) in [5.74, 6) is -1.37. The van der Waals surface area contributed by atoms with Gasteiger partial charge in [-0.1, -0.05) is 17.7 Å². The molecule has 0 unspecified atom stereocenters. The molecule has 1 aromatic carbocycles. The molecule has 98 valence electrons. The van der Waals surface area contributed by atoms with Crippen LogP contribution in [0.3, 0.4) is 0 Å². The fraction of sp³-hybridized carbons (Fsp3) is 0.154. The number of hydrogen-bond acceptors (Lipinski definition) is 3. The van der Waals surface area contributed by atoms with Crippen LogP contribution in [-0.4, -0.2) is 26.8 Å². The molecule has 0 aliphatic heterocycles. The molecule has 0 bridgehead atoms. The van der Waals surface area contributed by atoms with Crippen LogP contribution in [-0.2, 0) is 11.3 Å². The summed E-state index contributed by atoms with van der Waals surface area (Å²) in [5, 5.41) is 15.2. The lowest BCUT2D eigenvalue weighted by atomic mass is 10.2. The molecule has 1 aromatic heterocycles. The molecule has 2 rings (SSSR count). The van der Waals surface area contributed by atoms with Crippen molar-refractivity contribution in [3.8, 4) is 0 Å². The molecular weight excluding hydrogens is 246 g/mol. The van der Waals surface area contributed by atoms with Gasteiger partial charge in [-0.05, 0) is 25.1 Å². The van der Waals surface area contributed by atoms with E-state index in [1.165, 1.54) is 16.9 Å². The number of carboxylic acids is 1. The number of anilines is 1. The van der Waals surface area contributed by atoms with Gasteiger partial charge in [0.05, 0.1) is 0 Å². The van der Waals surface area contributed by atoms with Crippen LogP contribution in [0.5, 0.6) is 0 Å². The maximum atomic E-state index is 11.7. The minimum Gasteiger partial charge on any atom is -0.476 e. The smallest absolute Gasteiger partial charge is 0.356 e. The number of benzene rings is 1. The van der Waals surface area contributed by atoms with Crippen molar-refractivity contribution < 1.29 is 14.7 Å². The van der Waals surface area contributed by atoms with E-state index < -0.39 is 5.97 Å². The Kier molecular flexibility index (Phi) is 3.61. The van der Waals surface area contributed by atoms with E-state index in [4.69, 9.17) is 5.11 Å². The lowest BCUT2D eigenvalue weighted by Gasteiger charge is -2.05. The van der Waals surface area contributed by atoms with Crippen molar-refractivity contribution in [3.63, 3.8) is 0 Å². The second kappa shape index (κ2) is 5.34. The molecule has 0 radical (unpaired) electrons.